The molecule has 4 heteroatoms. The van der Waals surface area contributed by atoms with E-state index in [2.05, 4.69) is 5.32 Å². The molecule has 0 radical (unpaired) electrons. The molecule has 3 N–H and O–H groups in total. The van der Waals surface area contributed by atoms with Crippen molar-refractivity contribution in [2.45, 2.75) is 32.1 Å². The molecule has 1 aromatic rings. The zero-order valence-corrected chi connectivity index (χ0v) is 11.1. The van der Waals surface area contributed by atoms with Gasteiger partial charge in [0, 0.05) is 13.0 Å². The van der Waals surface area contributed by atoms with E-state index in [9.17, 15) is 9.18 Å². The fourth-order valence-corrected chi connectivity index (χ4v) is 2.45. The summed E-state index contributed by atoms with van der Waals surface area (Å²) in [5.74, 6) is -0.238. The Kier molecular flexibility index (Phi) is 4.53. The van der Waals surface area contributed by atoms with Gasteiger partial charge in [-0.3, -0.25) is 4.79 Å². The number of hydrogen-bond acceptors (Lipinski definition) is 2. The molecule has 1 saturated carbocycles. The summed E-state index contributed by atoms with van der Waals surface area (Å²) in [5.41, 5.74) is 6.73. The molecule has 0 heterocycles. The van der Waals surface area contributed by atoms with E-state index in [1.807, 2.05) is 6.07 Å². The maximum Gasteiger partial charge on any atom is 0.220 e. The number of nitrogens with one attached hydrogen (secondary N) is 1. The van der Waals surface area contributed by atoms with E-state index < -0.39 is 0 Å². The Balaban J connectivity index is 1.73. The molecule has 2 rings (SSSR count). The molecule has 104 valence electrons. The van der Waals surface area contributed by atoms with Crippen LogP contribution in [-0.4, -0.2) is 19.0 Å². The number of rotatable bonds is 6. The zero-order chi connectivity index (χ0) is 13.7. The van der Waals surface area contributed by atoms with Gasteiger partial charge < -0.3 is 11.1 Å². The van der Waals surface area contributed by atoms with Crippen molar-refractivity contribution in [1.82, 2.24) is 5.32 Å². The van der Waals surface area contributed by atoms with Crippen LogP contribution in [0.1, 0.15) is 31.2 Å². The van der Waals surface area contributed by atoms with Crippen LogP contribution >= 0.6 is 0 Å². The first-order valence-corrected chi connectivity index (χ1v) is 6.85. The number of nitrogens with two attached hydrogens (primary N) is 1. The molecule has 0 aromatic heterocycles. The Morgan fingerprint density at radius 2 is 2.21 bits per heavy atom. The van der Waals surface area contributed by atoms with E-state index in [0.29, 0.717) is 25.9 Å². The molecule has 0 unspecified atom stereocenters. The van der Waals surface area contributed by atoms with Crippen molar-refractivity contribution in [2.75, 3.05) is 13.1 Å². The highest BCUT2D eigenvalue weighted by molar-refractivity contribution is 5.76. The number of hydrogen-bond donors (Lipinski definition) is 2. The average Bonchev–Trinajstić information content (AvgIpc) is 2.36. The maximum atomic E-state index is 13.0. The van der Waals surface area contributed by atoms with Gasteiger partial charge in [0.2, 0.25) is 5.91 Å². The van der Waals surface area contributed by atoms with Crippen molar-refractivity contribution in [3.05, 3.63) is 35.6 Å². The van der Waals surface area contributed by atoms with Crippen molar-refractivity contribution in [3.8, 4) is 0 Å². The predicted molar refractivity (Wildman–Crippen MR) is 73.1 cm³/mol. The van der Waals surface area contributed by atoms with Gasteiger partial charge in [0.25, 0.3) is 0 Å². The summed E-state index contributed by atoms with van der Waals surface area (Å²) in [6, 6.07) is 6.38. The normalized spacial score (nSPS) is 16.7. The van der Waals surface area contributed by atoms with Crippen LogP contribution in [0.4, 0.5) is 4.39 Å². The van der Waals surface area contributed by atoms with E-state index >= 15 is 0 Å². The third-order valence-electron chi connectivity index (χ3n) is 4.04. The van der Waals surface area contributed by atoms with Gasteiger partial charge in [0.1, 0.15) is 5.82 Å². The summed E-state index contributed by atoms with van der Waals surface area (Å²) in [6.45, 7) is 1.31. The fourth-order valence-electron chi connectivity index (χ4n) is 2.45. The minimum atomic E-state index is -0.255. The molecule has 0 spiro atoms. The van der Waals surface area contributed by atoms with Crippen molar-refractivity contribution < 1.29 is 9.18 Å². The predicted octanol–water partition coefficient (Wildman–Crippen LogP) is 2.00. The molecule has 0 aliphatic heterocycles. The average molecular weight is 264 g/mol. The van der Waals surface area contributed by atoms with Crippen molar-refractivity contribution >= 4 is 5.91 Å². The molecule has 1 aliphatic rings. The van der Waals surface area contributed by atoms with Crippen LogP contribution in [0.2, 0.25) is 0 Å². The highest BCUT2D eigenvalue weighted by Crippen LogP contribution is 2.39. The van der Waals surface area contributed by atoms with E-state index in [1.165, 1.54) is 18.6 Å². The van der Waals surface area contributed by atoms with Gasteiger partial charge >= 0.3 is 0 Å². The summed E-state index contributed by atoms with van der Waals surface area (Å²) in [6.07, 6.45) is 4.38. The molecule has 0 atom stereocenters. The van der Waals surface area contributed by atoms with E-state index in [-0.39, 0.29) is 17.1 Å². The number of halogens is 1. The zero-order valence-electron chi connectivity index (χ0n) is 11.1. The van der Waals surface area contributed by atoms with Crippen LogP contribution in [-0.2, 0) is 11.2 Å². The number of amides is 1. The second-order valence-corrected chi connectivity index (χ2v) is 5.46. The number of aryl methyl sites for hydroxylation is 1. The Hall–Kier alpha value is -1.42. The number of carbonyl (C=O) groups is 1. The van der Waals surface area contributed by atoms with Crippen LogP contribution < -0.4 is 11.1 Å². The SMILES string of the molecule is NCC1(CNC(=O)CCc2cccc(F)c2)CCC1. The summed E-state index contributed by atoms with van der Waals surface area (Å²) in [5, 5.41) is 2.95. The highest BCUT2D eigenvalue weighted by Gasteiger charge is 2.35. The first-order chi connectivity index (χ1) is 9.13. The van der Waals surface area contributed by atoms with Crippen LogP contribution in [0.3, 0.4) is 0 Å². The summed E-state index contributed by atoms with van der Waals surface area (Å²) >= 11 is 0. The minimum Gasteiger partial charge on any atom is -0.355 e. The Bertz CT molecular complexity index is 438. The summed E-state index contributed by atoms with van der Waals surface area (Å²) in [7, 11) is 0. The van der Waals surface area contributed by atoms with Gasteiger partial charge in [-0.2, -0.15) is 0 Å². The van der Waals surface area contributed by atoms with E-state index in [1.54, 1.807) is 6.07 Å². The van der Waals surface area contributed by atoms with Crippen molar-refractivity contribution in [1.29, 1.82) is 0 Å². The van der Waals surface area contributed by atoms with Crippen LogP contribution in [0, 0.1) is 11.2 Å². The van der Waals surface area contributed by atoms with Gasteiger partial charge in [-0.15, -0.1) is 0 Å². The second-order valence-electron chi connectivity index (χ2n) is 5.46. The second kappa shape index (κ2) is 6.15. The Morgan fingerprint density at radius 1 is 1.42 bits per heavy atom. The fraction of sp³-hybridized carbons (Fsp3) is 0.533. The molecule has 1 fully saturated rings. The Labute approximate surface area is 113 Å². The lowest BCUT2D eigenvalue weighted by atomic mass is 9.69. The number of benzene rings is 1. The molecular formula is C15H21FN2O. The highest BCUT2D eigenvalue weighted by atomic mass is 19.1. The van der Waals surface area contributed by atoms with Crippen LogP contribution in [0.15, 0.2) is 24.3 Å². The molecule has 1 aromatic carbocycles. The van der Waals surface area contributed by atoms with Gasteiger partial charge in [-0.05, 0) is 48.9 Å². The summed E-state index contributed by atoms with van der Waals surface area (Å²) < 4.78 is 13.0. The molecule has 1 amide bonds. The lowest BCUT2D eigenvalue weighted by Gasteiger charge is -2.41. The lowest BCUT2D eigenvalue weighted by molar-refractivity contribution is -0.121. The quantitative estimate of drug-likeness (QED) is 0.825. The molecular weight excluding hydrogens is 243 g/mol. The molecule has 1 aliphatic carbocycles. The summed E-state index contributed by atoms with van der Waals surface area (Å²) in [4.78, 5) is 11.8. The van der Waals surface area contributed by atoms with Gasteiger partial charge in [0.05, 0.1) is 0 Å². The van der Waals surface area contributed by atoms with Crippen LogP contribution in [0.5, 0.6) is 0 Å². The third-order valence-corrected chi connectivity index (χ3v) is 4.04. The monoisotopic (exact) mass is 264 g/mol. The van der Waals surface area contributed by atoms with Crippen molar-refractivity contribution in [2.24, 2.45) is 11.1 Å². The minimum absolute atomic E-state index is 0.0176. The standard InChI is InChI=1S/C15H21FN2O/c16-13-4-1-3-12(9-13)5-6-14(19)18-11-15(10-17)7-2-8-15/h1,3-4,9H,2,5-8,10-11,17H2,(H,18,19). The molecule has 3 nitrogen and oxygen atoms in total. The largest absolute Gasteiger partial charge is 0.355 e. The van der Waals surface area contributed by atoms with Crippen LogP contribution in [0.25, 0.3) is 0 Å². The molecule has 0 bridgehead atoms. The van der Waals surface area contributed by atoms with Crippen molar-refractivity contribution in [3.63, 3.8) is 0 Å². The van der Waals surface area contributed by atoms with E-state index in [0.717, 1.165) is 18.4 Å². The van der Waals surface area contributed by atoms with Gasteiger partial charge in [0.15, 0.2) is 0 Å². The van der Waals surface area contributed by atoms with E-state index in [4.69, 9.17) is 5.73 Å². The topological polar surface area (TPSA) is 55.1 Å². The molecule has 19 heavy (non-hydrogen) atoms. The van der Waals surface area contributed by atoms with Gasteiger partial charge in [-0.25, -0.2) is 4.39 Å². The smallest absolute Gasteiger partial charge is 0.220 e. The lowest BCUT2D eigenvalue weighted by Crippen LogP contribution is -2.46. The maximum absolute atomic E-state index is 13.0. The van der Waals surface area contributed by atoms with Gasteiger partial charge in [-0.1, -0.05) is 18.6 Å². The molecule has 0 saturated heterocycles. The Morgan fingerprint density at radius 3 is 2.79 bits per heavy atom. The first-order valence-electron chi connectivity index (χ1n) is 6.85. The number of carbonyl (C=O) groups excluding carboxylic acids is 1. The first kappa shape index (κ1) is 14.0. The third kappa shape index (κ3) is 3.77.